The fourth-order valence-corrected chi connectivity index (χ4v) is 3.24. The van der Waals surface area contributed by atoms with Crippen LogP contribution >= 0.6 is 11.8 Å². The first kappa shape index (κ1) is 12.3. The predicted octanol–water partition coefficient (Wildman–Crippen LogP) is 3.03. The van der Waals surface area contributed by atoms with Crippen molar-refractivity contribution in [2.75, 3.05) is 0 Å². The first-order chi connectivity index (χ1) is 10.2. The molecule has 6 heteroatoms. The third kappa shape index (κ3) is 1.95. The van der Waals surface area contributed by atoms with E-state index in [4.69, 9.17) is 4.74 Å². The van der Waals surface area contributed by atoms with Gasteiger partial charge in [0.25, 0.3) is 0 Å². The van der Waals surface area contributed by atoms with Gasteiger partial charge in [-0.2, -0.15) is 0 Å². The minimum atomic E-state index is -0.244. The molecule has 2 heterocycles. The highest BCUT2D eigenvalue weighted by atomic mass is 32.2. The van der Waals surface area contributed by atoms with Crippen LogP contribution in [0.25, 0.3) is 11.4 Å². The molecule has 0 spiro atoms. The minimum absolute atomic E-state index is 0.244. The lowest BCUT2D eigenvalue weighted by atomic mass is 10.2. The molecule has 1 aliphatic rings. The Kier molecular flexibility index (Phi) is 2.65. The Hall–Kier alpha value is -2.47. The van der Waals surface area contributed by atoms with Gasteiger partial charge in [0.15, 0.2) is 11.6 Å². The number of para-hydroxylation sites is 2. The number of nitrogens with one attached hydrogen (secondary N) is 1. The summed E-state index contributed by atoms with van der Waals surface area (Å²) in [5.41, 5.74) is 0.540. The first-order valence-electron chi connectivity index (χ1n) is 6.44. The van der Waals surface area contributed by atoms with Crippen LogP contribution in [-0.2, 0) is 7.05 Å². The Morgan fingerprint density at radius 1 is 1.14 bits per heavy atom. The van der Waals surface area contributed by atoms with Gasteiger partial charge in [-0.3, -0.25) is 4.98 Å². The molecule has 0 amide bonds. The molecule has 1 aromatic heterocycles. The van der Waals surface area contributed by atoms with Gasteiger partial charge in [0.2, 0.25) is 0 Å². The average Bonchev–Trinajstić information content (AvgIpc) is 2.84. The number of H-pyrrole nitrogens is 1. The third-order valence-electron chi connectivity index (χ3n) is 3.28. The van der Waals surface area contributed by atoms with Gasteiger partial charge in [0.05, 0.1) is 15.4 Å². The van der Waals surface area contributed by atoms with Gasteiger partial charge in [-0.05, 0) is 24.3 Å². The molecule has 0 fully saturated rings. The molecular formula is C15H11N3O2S. The highest BCUT2D eigenvalue weighted by Gasteiger charge is 2.22. The van der Waals surface area contributed by atoms with E-state index >= 15 is 0 Å². The second kappa shape index (κ2) is 4.53. The SMILES string of the molecule is Cn1nc(-c2cccc3c2Oc2ccccc2S3)[nH]c1=O. The molecule has 0 unspecified atom stereocenters. The molecule has 0 radical (unpaired) electrons. The number of ether oxygens (including phenoxy) is 1. The summed E-state index contributed by atoms with van der Waals surface area (Å²) in [4.78, 5) is 16.4. The summed E-state index contributed by atoms with van der Waals surface area (Å²) in [5, 5.41) is 4.20. The average molecular weight is 297 g/mol. The van der Waals surface area contributed by atoms with Crippen LogP contribution in [0.1, 0.15) is 0 Å². The number of hydrogen-bond acceptors (Lipinski definition) is 4. The minimum Gasteiger partial charge on any atom is -0.454 e. The number of aromatic amines is 1. The van der Waals surface area contributed by atoms with Gasteiger partial charge in [0.1, 0.15) is 5.75 Å². The maximum Gasteiger partial charge on any atom is 0.343 e. The van der Waals surface area contributed by atoms with Crippen LogP contribution in [0.15, 0.2) is 57.1 Å². The number of benzene rings is 2. The zero-order valence-corrected chi connectivity index (χ0v) is 12.0. The van der Waals surface area contributed by atoms with Crippen molar-refractivity contribution in [1.29, 1.82) is 0 Å². The molecular weight excluding hydrogens is 286 g/mol. The molecule has 21 heavy (non-hydrogen) atoms. The van der Waals surface area contributed by atoms with E-state index in [1.807, 2.05) is 42.5 Å². The molecule has 0 atom stereocenters. The van der Waals surface area contributed by atoms with Crippen LogP contribution in [0.2, 0.25) is 0 Å². The molecule has 0 bridgehead atoms. The van der Waals surface area contributed by atoms with Crippen molar-refractivity contribution in [3.63, 3.8) is 0 Å². The van der Waals surface area contributed by atoms with E-state index in [1.165, 1.54) is 4.68 Å². The van der Waals surface area contributed by atoms with Gasteiger partial charge < -0.3 is 4.74 Å². The fraction of sp³-hybridized carbons (Fsp3) is 0.0667. The molecule has 0 saturated heterocycles. The van der Waals surface area contributed by atoms with Gasteiger partial charge in [0, 0.05) is 7.05 Å². The lowest BCUT2D eigenvalue weighted by molar-refractivity contribution is 0.456. The summed E-state index contributed by atoms with van der Waals surface area (Å²) in [7, 11) is 1.61. The van der Waals surface area contributed by atoms with Crippen LogP contribution in [-0.4, -0.2) is 14.8 Å². The monoisotopic (exact) mass is 297 g/mol. The molecule has 0 saturated carbocycles. The van der Waals surface area contributed by atoms with Crippen molar-refractivity contribution in [1.82, 2.24) is 14.8 Å². The standard InChI is InChI=1S/C15H11N3O2S/c1-18-15(19)16-14(17-18)9-5-4-8-12-13(9)20-10-6-2-3-7-11(10)21-12/h2-8H,1H3,(H,16,17,19). The highest BCUT2D eigenvalue weighted by Crippen LogP contribution is 2.49. The van der Waals surface area contributed by atoms with Gasteiger partial charge >= 0.3 is 5.69 Å². The van der Waals surface area contributed by atoms with Crippen LogP contribution in [0.3, 0.4) is 0 Å². The van der Waals surface area contributed by atoms with E-state index in [0.717, 1.165) is 26.9 Å². The molecule has 104 valence electrons. The molecule has 3 aromatic rings. The van der Waals surface area contributed by atoms with E-state index in [2.05, 4.69) is 10.1 Å². The maximum absolute atomic E-state index is 11.6. The lowest BCUT2D eigenvalue weighted by Gasteiger charge is -2.21. The highest BCUT2D eigenvalue weighted by molar-refractivity contribution is 7.99. The summed E-state index contributed by atoms with van der Waals surface area (Å²) in [6, 6.07) is 13.7. The lowest BCUT2D eigenvalue weighted by Crippen LogP contribution is -2.13. The van der Waals surface area contributed by atoms with E-state index < -0.39 is 0 Å². The molecule has 0 aliphatic carbocycles. The molecule has 1 aliphatic heterocycles. The number of hydrogen-bond donors (Lipinski definition) is 1. The number of aromatic nitrogens is 3. The zero-order valence-electron chi connectivity index (χ0n) is 11.2. The summed E-state index contributed by atoms with van der Waals surface area (Å²) in [5.74, 6) is 2.07. The van der Waals surface area contributed by atoms with E-state index in [1.54, 1.807) is 18.8 Å². The fourth-order valence-electron chi connectivity index (χ4n) is 2.26. The summed E-state index contributed by atoms with van der Waals surface area (Å²) >= 11 is 1.65. The van der Waals surface area contributed by atoms with Gasteiger partial charge in [-0.25, -0.2) is 9.48 Å². The van der Waals surface area contributed by atoms with Gasteiger partial charge in [-0.15, -0.1) is 5.10 Å². The van der Waals surface area contributed by atoms with Crippen molar-refractivity contribution >= 4 is 11.8 Å². The smallest absolute Gasteiger partial charge is 0.343 e. The Bertz CT molecular complexity index is 898. The first-order valence-corrected chi connectivity index (χ1v) is 7.25. The summed E-state index contributed by atoms with van der Waals surface area (Å²) < 4.78 is 7.30. The Labute approximate surface area is 124 Å². The Balaban J connectivity index is 1.88. The Morgan fingerprint density at radius 3 is 2.76 bits per heavy atom. The summed E-state index contributed by atoms with van der Waals surface area (Å²) in [6.45, 7) is 0. The Morgan fingerprint density at radius 2 is 1.95 bits per heavy atom. The number of aryl methyl sites for hydroxylation is 1. The molecule has 5 nitrogen and oxygen atoms in total. The molecule has 4 rings (SSSR count). The second-order valence-electron chi connectivity index (χ2n) is 4.69. The van der Waals surface area contributed by atoms with Crippen molar-refractivity contribution in [3.8, 4) is 22.9 Å². The van der Waals surface area contributed by atoms with E-state index in [-0.39, 0.29) is 5.69 Å². The number of rotatable bonds is 1. The van der Waals surface area contributed by atoms with Crippen LogP contribution in [0, 0.1) is 0 Å². The van der Waals surface area contributed by atoms with E-state index in [9.17, 15) is 4.79 Å². The van der Waals surface area contributed by atoms with Crippen molar-refractivity contribution in [3.05, 3.63) is 52.9 Å². The number of fused-ring (bicyclic) bond motifs is 2. The van der Waals surface area contributed by atoms with Gasteiger partial charge in [-0.1, -0.05) is 30.0 Å². The molecule has 1 N–H and O–H groups in total. The second-order valence-corrected chi connectivity index (χ2v) is 5.77. The van der Waals surface area contributed by atoms with Crippen molar-refractivity contribution in [2.24, 2.45) is 7.05 Å². The zero-order chi connectivity index (χ0) is 14.4. The predicted molar refractivity (Wildman–Crippen MR) is 79.9 cm³/mol. The number of nitrogens with zero attached hydrogens (tertiary/aromatic N) is 2. The van der Waals surface area contributed by atoms with Crippen molar-refractivity contribution in [2.45, 2.75) is 9.79 Å². The van der Waals surface area contributed by atoms with E-state index in [0.29, 0.717) is 5.82 Å². The van der Waals surface area contributed by atoms with Crippen LogP contribution in [0.4, 0.5) is 0 Å². The van der Waals surface area contributed by atoms with Crippen LogP contribution in [0.5, 0.6) is 11.5 Å². The quantitative estimate of drug-likeness (QED) is 0.586. The normalized spacial score (nSPS) is 12.4. The maximum atomic E-state index is 11.6. The molecule has 2 aromatic carbocycles. The third-order valence-corrected chi connectivity index (χ3v) is 4.38. The topological polar surface area (TPSA) is 59.9 Å². The van der Waals surface area contributed by atoms with Crippen molar-refractivity contribution < 1.29 is 4.74 Å². The van der Waals surface area contributed by atoms with Crippen LogP contribution < -0.4 is 10.4 Å². The largest absolute Gasteiger partial charge is 0.454 e. The summed E-state index contributed by atoms with van der Waals surface area (Å²) in [6.07, 6.45) is 0.